The summed E-state index contributed by atoms with van der Waals surface area (Å²) in [4.78, 5) is 2.35. The van der Waals surface area contributed by atoms with Crippen LogP contribution in [0.2, 0.25) is 0 Å². The topological polar surface area (TPSA) is 65.6 Å². The first-order valence-corrected chi connectivity index (χ1v) is 7.58. The Morgan fingerprint density at radius 1 is 1.41 bits per heavy atom. The molecule has 3 rings (SSSR count). The predicted molar refractivity (Wildman–Crippen MR) is 79.1 cm³/mol. The Bertz CT molecular complexity index is 595. The van der Waals surface area contributed by atoms with E-state index < -0.39 is 0 Å². The molecule has 2 aromatic rings. The smallest absolute Gasteiger partial charge is 0.129 e. The van der Waals surface area contributed by atoms with Crippen molar-refractivity contribution in [1.82, 2.24) is 19.9 Å². The maximum atomic E-state index is 5.88. The number of aromatic nitrogens is 3. The van der Waals surface area contributed by atoms with Gasteiger partial charge in [0.05, 0.1) is 31.1 Å². The highest BCUT2D eigenvalue weighted by molar-refractivity contribution is 5.12. The molecule has 0 aliphatic carbocycles. The second-order valence-electron chi connectivity index (χ2n) is 5.34. The summed E-state index contributed by atoms with van der Waals surface area (Å²) in [7, 11) is 1.66. The van der Waals surface area contributed by atoms with E-state index in [2.05, 4.69) is 22.1 Å². The van der Waals surface area contributed by atoms with Crippen LogP contribution in [0.25, 0.3) is 0 Å². The van der Waals surface area contributed by atoms with E-state index in [0.29, 0.717) is 13.2 Å². The number of hydrogen-bond donors (Lipinski definition) is 0. The van der Waals surface area contributed by atoms with Gasteiger partial charge in [-0.1, -0.05) is 5.21 Å². The molecule has 7 heteroatoms. The third-order valence-corrected chi connectivity index (χ3v) is 3.90. The maximum Gasteiger partial charge on any atom is 0.129 e. The van der Waals surface area contributed by atoms with Crippen LogP contribution in [0.3, 0.4) is 0 Å². The van der Waals surface area contributed by atoms with Gasteiger partial charge < -0.3 is 13.9 Å². The Morgan fingerprint density at radius 2 is 2.32 bits per heavy atom. The zero-order valence-corrected chi connectivity index (χ0v) is 13.1. The molecule has 1 unspecified atom stereocenters. The lowest BCUT2D eigenvalue weighted by Crippen LogP contribution is -2.39. The molecule has 22 heavy (non-hydrogen) atoms. The Labute approximate surface area is 129 Å². The lowest BCUT2D eigenvalue weighted by molar-refractivity contribution is -0.0221. The monoisotopic (exact) mass is 306 g/mol. The SMILES string of the molecule is CCn1nncc1CN1CCOCC1c1ccc(COC)o1. The molecule has 0 N–H and O–H groups in total. The number of ether oxygens (including phenoxy) is 2. The maximum absolute atomic E-state index is 5.88. The summed E-state index contributed by atoms with van der Waals surface area (Å²) in [6, 6.07) is 4.08. The number of furan rings is 1. The van der Waals surface area contributed by atoms with Gasteiger partial charge in [-0.3, -0.25) is 4.90 Å². The quantitative estimate of drug-likeness (QED) is 0.808. The first-order valence-electron chi connectivity index (χ1n) is 7.58. The van der Waals surface area contributed by atoms with E-state index in [-0.39, 0.29) is 6.04 Å². The Morgan fingerprint density at radius 3 is 3.14 bits per heavy atom. The molecule has 1 fully saturated rings. The van der Waals surface area contributed by atoms with Gasteiger partial charge in [-0.2, -0.15) is 0 Å². The summed E-state index contributed by atoms with van der Waals surface area (Å²) in [5.74, 6) is 1.76. The minimum atomic E-state index is 0.111. The minimum absolute atomic E-state index is 0.111. The van der Waals surface area contributed by atoms with E-state index >= 15 is 0 Å². The highest BCUT2D eigenvalue weighted by Gasteiger charge is 2.28. The Balaban J connectivity index is 1.75. The predicted octanol–water partition coefficient (Wildman–Crippen LogP) is 1.61. The van der Waals surface area contributed by atoms with Gasteiger partial charge in [0.2, 0.25) is 0 Å². The molecular weight excluding hydrogens is 284 g/mol. The van der Waals surface area contributed by atoms with Crippen molar-refractivity contribution in [2.24, 2.45) is 0 Å². The molecular formula is C15H22N4O3. The van der Waals surface area contributed by atoms with Crippen LogP contribution in [0.4, 0.5) is 0 Å². The lowest BCUT2D eigenvalue weighted by Gasteiger charge is -2.34. The number of rotatable bonds is 6. The molecule has 120 valence electrons. The van der Waals surface area contributed by atoms with Crippen LogP contribution in [0.1, 0.15) is 30.2 Å². The summed E-state index contributed by atoms with van der Waals surface area (Å²) >= 11 is 0. The van der Waals surface area contributed by atoms with Crippen LogP contribution in [0, 0.1) is 0 Å². The number of aryl methyl sites for hydroxylation is 1. The van der Waals surface area contributed by atoms with Crippen LogP contribution < -0.4 is 0 Å². The molecule has 0 amide bonds. The van der Waals surface area contributed by atoms with Gasteiger partial charge in [0.1, 0.15) is 18.1 Å². The third-order valence-electron chi connectivity index (χ3n) is 3.90. The van der Waals surface area contributed by atoms with Crippen LogP contribution in [0.5, 0.6) is 0 Å². The Kier molecular flexibility index (Phi) is 4.87. The molecule has 1 aliphatic rings. The van der Waals surface area contributed by atoms with E-state index in [1.165, 1.54) is 0 Å². The molecule has 7 nitrogen and oxygen atoms in total. The summed E-state index contributed by atoms with van der Waals surface area (Å²) in [6.07, 6.45) is 1.83. The third kappa shape index (κ3) is 3.21. The van der Waals surface area contributed by atoms with Gasteiger partial charge in [-0.05, 0) is 19.1 Å². The molecule has 0 radical (unpaired) electrons. The van der Waals surface area contributed by atoms with Crippen LogP contribution >= 0.6 is 0 Å². The summed E-state index contributed by atoms with van der Waals surface area (Å²) in [5, 5.41) is 8.09. The van der Waals surface area contributed by atoms with E-state index in [4.69, 9.17) is 13.9 Å². The van der Waals surface area contributed by atoms with Gasteiger partial charge in [0.25, 0.3) is 0 Å². The standard InChI is InChI=1S/C15H22N4O3/c1-3-19-12(8-16-17-19)9-18-6-7-21-11-14(18)15-5-4-13(22-15)10-20-2/h4-5,8,14H,3,6-7,9-11H2,1-2H3. The zero-order chi connectivity index (χ0) is 15.4. The van der Waals surface area contributed by atoms with Crippen LogP contribution in [-0.4, -0.2) is 46.8 Å². The first-order chi connectivity index (χ1) is 10.8. The van der Waals surface area contributed by atoms with Gasteiger partial charge >= 0.3 is 0 Å². The van der Waals surface area contributed by atoms with Crippen molar-refractivity contribution in [3.8, 4) is 0 Å². The molecule has 3 heterocycles. The second kappa shape index (κ2) is 7.04. The molecule has 2 aromatic heterocycles. The average Bonchev–Trinajstić information content (AvgIpc) is 3.17. The molecule has 1 aliphatic heterocycles. The number of methoxy groups -OCH3 is 1. The van der Waals surface area contributed by atoms with Crippen molar-refractivity contribution in [3.05, 3.63) is 35.5 Å². The fourth-order valence-electron chi connectivity index (χ4n) is 2.76. The second-order valence-corrected chi connectivity index (χ2v) is 5.34. The number of hydrogen-bond acceptors (Lipinski definition) is 6. The largest absolute Gasteiger partial charge is 0.462 e. The highest BCUT2D eigenvalue weighted by atomic mass is 16.5. The fourth-order valence-corrected chi connectivity index (χ4v) is 2.76. The molecule has 0 spiro atoms. The number of nitrogens with zero attached hydrogens (tertiary/aromatic N) is 4. The normalized spacial score (nSPS) is 19.6. The zero-order valence-electron chi connectivity index (χ0n) is 13.1. The van der Waals surface area contributed by atoms with Crippen molar-refractivity contribution in [1.29, 1.82) is 0 Å². The molecule has 0 aromatic carbocycles. The molecule has 0 saturated carbocycles. The molecule has 0 bridgehead atoms. The van der Waals surface area contributed by atoms with E-state index in [0.717, 1.165) is 43.5 Å². The van der Waals surface area contributed by atoms with E-state index in [1.807, 2.05) is 23.0 Å². The minimum Gasteiger partial charge on any atom is -0.462 e. The van der Waals surface area contributed by atoms with Crippen molar-refractivity contribution in [2.45, 2.75) is 32.7 Å². The van der Waals surface area contributed by atoms with Crippen molar-refractivity contribution in [3.63, 3.8) is 0 Å². The van der Waals surface area contributed by atoms with Crippen molar-refractivity contribution < 1.29 is 13.9 Å². The summed E-state index contributed by atoms with van der Waals surface area (Å²) in [5.41, 5.74) is 1.11. The van der Waals surface area contributed by atoms with Gasteiger partial charge in [0.15, 0.2) is 0 Å². The van der Waals surface area contributed by atoms with E-state index in [9.17, 15) is 0 Å². The molecule has 1 atom stereocenters. The van der Waals surface area contributed by atoms with Crippen molar-refractivity contribution in [2.75, 3.05) is 26.9 Å². The summed E-state index contributed by atoms with van der Waals surface area (Å²) in [6.45, 7) is 6.39. The Hall–Kier alpha value is -1.70. The van der Waals surface area contributed by atoms with Gasteiger partial charge in [-0.25, -0.2) is 4.68 Å². The lowest BCUT2D eigenvalue weighted by atomic mass is 10.1. The van der Waals surface area contributed by atoms with Crippen molar-refractivity contribution >= 4 is 0 Å². The summed E-state index contributed by atoms with van der Waals surface area (Å²) < 4.78 is 18.6. The number of morpholine rings is 1. The van der Waals surface area contributed by atoms with E-state index in [1.54, 1.807) is 7.11 Å². The van der Waals surface area contributed by atoms with Crippen LogP contribution in [0.15, 0.2) is 22.7 Å². The van der Waals surface area contributed by atoms with Gasteiger partial charge in [-0.15, -0.1) is 5.10 Å². The molecule has 1 saturated heterocycles. The average molecular weight is 306 g/mol. The fraction of sp³-hybridized carbons (Fsp3) is 0.600. The first kappa shape index (κ1) is 15.2. The van der Waals surface area contributed by atoms with Gasteiger partial charge in [0, 0.05) is 26.7 Å². The highest BCUT2D eigenvalue weighted by Crippen LogP contribution is 2.27. The van der Waals surface area contributed by atoms with Crippen LogP contribution in [-0.2, 0) is 29.2 Å².